The van der Waals surface area contributed by atoms with Gasteiger partial charge in [-0.3, -0.25) is 4.79 Å². The predicted molar refractivity (Wildman–Crippen MR) is 96.4 cm³/mol. The van der Waals surface area contributed by atoms with Gasteiger partial charge in [-0.1, -0.05) is 12.1 Å². The summed E-state index contributed by atoms with van der Waals surface area (Å²) in [5.41, 5.74) is 2.98. The van der Waals surface area contributed by atoms with E-state index in [9.17, 15) is 9.59 Å². The molecule has 1 amide bonds. The molecule has 0 fully saturated rings. The topological polar surface area (TPSA) is 75.6 Å². The number of aliphatic carboxylic acids is 1. The number of hydrogen-bond acceptors (Lipinski definition) is 4. The molecule has 1 aromatic carbocycles. The first kappa shape index (κ1) is 17.5. The van der Waals surface area contributed by atoms with Gasteiger partial charge in [0.25, 0.3) is 5.91 Å². The number of fused-ring (bicyclic) bond motifs is 1. The molecule has 0 radical (unpaired) electrons. The highest BCUT2D eigenvalue weighted by Crippen LogP contribution is 2.30. The minimum atomic E-state index is -1.01. The number of carboxylic acids is 1. The molecule has 0 spiro atoms. The van der Waals surface area contributed by atoms with Crippen molar-refractivity contribution in [3.05, 3.63) is 51.2 Å². The van der Waals surface area contributed by atoms with Crippen LogP contribution in [0.25, 0.3) is 0 Å². The maximum atomic E-state index is 12.6. The van der Waals surface area contributed by atoms with Crippen LogP contribution in [0.15, 0.2) is 29.6 Å². The average Bonchev–Trinajstić information content (AvgIpc) is 3.04. The lowest BCUT2D eigenvalue weighted by atomic mass is 9.95. The summed E-state index contributed by atoms with van der Waals surface area (Å²) in [5, 5.41) is 13.6. The second kappa shape index (κ2) is 7.70. The second-order valence-corrected chi connectivity index (χ2v) is 7.17. The van der Waals surface area contributed by atoms with Crippen LogP contribution in [0.3, 0.4) is 0 Å². The third kappa shape index (κ3) is 4.20. The number of aryl methyl sites for hydroxylation is 1. The van der Waals surface area contributed by atoms with Crippen LogP contribution in [-0.4, -0.2) is 23.6 Å². The molecule has 1 heterocycles. The van der Waals surface area contributed by atoms with E-state index in [4.69, 9.17) is 9.84 Å². The molecular formula is C19H21NO4S. The molecule has 0 aliphatic heterocycles. The summed E-state index contributed by atoms with van der Waals surface area (Å²) >= 11 is 1.69. The van der Waals surface area contributed by atoms with Gasteiger partial charge in [0.1, 0.15) is 5.75 Å². The van der Waals surface area contributed by atoms with Crippen molar-refractivity contribution in [1.82, 2.24) is 5.32 Å². The van der Waals surface area contributed by atoms with E-state index in [0.29, 0.717) is 5.75 Å². The predicted octanol–water partition coefficient (Wildman–Crippen LogP) is 3.58. The van der Waals surface area contributed by atoms with E-state index in [2.05, 4.69) is 5.32 Å². The summed E-state index contributed by atoms with van der Waals surface area (Å²) in [6.45, 7) is 1.57. The van der Waals surface area contributed by atoms with Gasteiger partial charge in [-0.25, -0.2) is 4.79 Å². The van der Waals surface area contributed by atoms with Gasteiger partial charge in [-0.15, -0.1) is 11.3 Å². The third-order valence-corrected chi connectivity index (χ3v) is 5.48. The number of hydrogen-bond donors (Lipinski definition) is 2. The van der Waals surface area contributed by atoms with Crippen molar-refractivity contribution >= 4 is 23.2 Å². The van der Waals surface area contributed by atoms with E-state index in [1.54, 1.807) is 23.5 Å². The van der Waals surface area contributed by atoms with E-state index >= 15 is 0 Å². The van der Waals surface area contributed by atoms with Crippen molar-refractivity contribution in [2.24, 2.45) is 0 Å². The highest BCUT2D eigenvalue weighted by atomic mass is 32.1. The fraction of sp³-hybridized carbons (Fsp3) is 0.368. The highest BCUT2D eigenvalue weighted by molar-refractivity contribution is 7.10. The van der Waals surface area contributed by atoms with Crippen LogP contribution in [0, 0.1) is 0 Å². The Morgan fingerprint density at radius 3 is 2.68 bits per heavy atom. The monoisotopic (exact) mass is 359 g/mol. The second-order valence-electron chi connectivity index (χ2n) is 6.20. The lowest BCUT2D eigenvalue weighted by Gasteiger charge is -2.17. The van der Waals surface area contributed by atoms with Gasteiger partial charge in [-0.05, 0) is 55.9 Å². The van der Waals surface area contributed by atoms with Crippen molar-refractivity contribution in [2.75, 3.05) is 6.61 Å². The quantitative estimate of drug-likeness (QED) is 0.827. The van der Waals surface area contributed by atoms with Gasteiger partial charge >= 0.3 is 5.97 Å². The molecule has 1 aromatic heterocycles. The Kier molecular flexibility index (Phi) is 5.38. The number of carboxylic acid groups (broad SMARTS) is 1. The van der Waals surface area contributed by atoms with Crippen molar-refractivity contribution in [3.63, 3.8) is 0 Å². The van der Waals surface area contributed by atoms with E-state index in [1.807, 2.05) is 24.4 Å². The molecular weight excluding hydrogens is 338 g/mol. The Balaban J connectivity index is 1.63. The van der Waals surface area contributed by atoms with Crippen LogP contribution in [0.5, 0.6) is 5.75 Å². The summed E-state index contributed by atoms with van der Waals surface area (Å²) in [7, 11) is 0. The van der Waals surface area contributed by atoms with Gasteiger partial charge in [0, 0.05) is 10.3 Å². The first-order valence-corrected chi connectivity index (χ1v) is 9.27. The first-order valence-electron chi connectivity index (χ1n) is 8.39. The highest BCUT2D eigenvalue weighted by Gasteiger charge is 2.21. The fourth-order valence-electron chi connectivity index (χ4n) is 3.04. The maximum absolute atomic E-state index is 12.6. The Labute approximate surface area is 150 Å². The van der Waals surface area contributed by atoms with Crippen molar-refractivity contribution < 1.29 is 19.4 Å². The third-order valence-electron chi connectivity index (χ3n) is 4.40. The Morgan fingerprint density at radius 1 is 1.24 bits per heavy atom. The van der Waals surface area contributed by atoms with Gasteiger partial charge in [0.15, 0.2) is 6.61 Å². The van der Waals surface area contributed by atoms with Crippen LogP contribution < -0.4 is 10.1 Å². The van der Waals surface area contributed by atoms with Crippen molar-refractivity contribution in [1.29, 1.82) is 0 Å². The number of amides is 1. The summed E-state index contributed by atoms with van der Waals surface area (Å²) < 4.78 is 5.12. The fourth-order valence-corrected chi connectivity index (χ4v) is 4.17. The van der Waals surface area contributed by atoms with Gasteiger partial charge in [0.05, 0.1) is 11.6 Å². The number of rotatable bonds is 6. The summed E-state index contributed by atoms with van der Waals surface area (Å²) in [4.78, 5) is 24.5. The SMILES string of the molecule is CC(NC(=O)c1csc2c1CCCC2)c1ccc(OCC(=O)O)cc1. The number of benzene rings is 1. The molecule has 2 N–H and O–H groups in total. The van der Waals surface area contributed by atoms with Crippen LogP contribution >= 0.6 is 11.3 Å². The van der Waals surface area contributed by atoms with Crippen LogP contribution in [0.2, 0.25) is 0 Å². The summed E-state index contributed by atoms with van der Waals surface area (Å²) in [6, 6.07) is 6.97. The van der Waals surface area contributed by atoms with Gasteiger partial charge in [0.2, 0.25) is 0 Å². The molecule has 2 aromatic rings. The van der Waals surface area contributed by atoms with E-state index in [1.165, 1.54) is 16.9 Å². The van der Waals surface area contributed by atoms with E-state index < -0.39 is 5.97 Å². The molecule has 1 unspecified atom stereocenters. The zero-order chi connectivity index (χ0) is 17.8. The molecule has 132 valence electrons. The average molecular weight is 359 g/mol. The number of nitrogens with one attached hydrogen (secondary N) is 1. The Morgan fingerprint density at radius 2 is 1.96 bits per heavy atom. The zero-order valence-corrected chi connectivity index (χ0v) is 14.9. The normalized spacial score (nSPS) is 14.4. The molecule has 1 aliphatic rings. The summed E-state index contributed by atoms with van der Waals surface area (Å²) in [5.74, 6) is -0.543. The number of carbonyl (C=O) groups is 2. The largest absolute Gasteiger partial charge is 0.482 e. The van der Waals surface area contributed by atoms with Gasteiger partial charge in [-0.2, -0.15) is 0 Å². The van der Waals surface area contributed by atoms with Crippen LogP contribution in [0.4, 0.5) is 0 Å². The van der Waals surface area contributed by atoms with Gasteiger partial charge < -0.3 is 15.2 Å². The molecule has 6 heteroatoms. The lowest BCUT2D eigenvalue weighted by molar-refractivity contribution is -0.139. The lowest BCUT2D eigenvalue weighted by Crippen LogP contribution is -2.27. The Bertz CT molecular complexity index is 766. The number of carbonyl (C=O) groups excluding carboxylic acids is 1. The van der Waals surface area contributed by atoms with E-state index in [-0.39, 0.29) is 18.6 Å². The molecule has 1 atom stereocenters. The molecule has 0 bridgehead atoms. The maximum Gasteiger partial charge on any atom is 0.341 e. The molecule has 1 aliphatic carbocycles. The molecule has 0 saturated carbocycles. The number of ether oxygens (including phenoxy) is 1. The Hall–Kier alpha value is -2.34. The molecule has 5 nitrogen and oxygen atoms in total. The van der Waals surface area contributed by atoms with Crippen LogP contribution in [0.1, 0.15) is 52.2 Å². The molecule has 0 saturated heterocycles. The molecule has 25 heavy (non-hydrogen) atoms. The minimum absolute atomic E-state index is 0.0295. The van der Waals surface area contributed by atoms with Crippen LogP contribution in [-0.2, 0) is 17.6 Å². The number of thiophene rings is 1. The zero-order valence-electron chi connectivity index (χ0n) is 14.1. The standard InChI is InChI=1S/C19H21NO4S/c1-12(13-6-8-14(9-7-13)24-10-18(21)22)20-19(23)16-11-25-17-5-3-2-4-15(16)17/h6-9,11-12H,2-5,10H2,1H3,(H,20,23)(H,21,22). The first-order chi connectivity index (χ1) is 12.0. The van der Waals surface area contributed by atoms with Crippen molar-refractivity contribution in [2.45, 2.75) is 38.6 Å². The smallest absolute Gasteiger partial charge is 0.341 e. The minimum Gasteiger partial charge on any atom is -0.482 e. The van der Waals surface area contributed by atoms with E-state index in [0.717, 1.165) is 30.4 Å². The summed E-state index contributed by atoms with van der Waals surface area (Å²) in [6.07, 6.45) is 4.44. The van der Waals surface area contributed by atoms with Crippen molar-refractivity contribution in [3.8, 4) is 5.75 Å². The molecule has 3 rings (SSSR count).